The van der Waals surface area contributed by atoms with Crippen molar-refractivity contribution in [3.8, 4) is 0 Å². The largest absolute Gasteiger partial charge is 0.384 e. The Balaban J connectivity index is 0.000000188. The fraction of sp³-hybridized carbons (Fsp3) is 0.412. The lowest BCUT2D eigenvalue weighted by Gasteiger charge is -2.03. The number of nitrogens with zero attached hydrogens (tertiary/aromatic N) is 2. The maximum absolute atomic E-state index is 5.69. The molecule has 0 amide bonds. The van der Waals surface area contributed by atoms with Gasteiger partial charge in [0.25, 0.3) is 0 Å². The highest BCUT2D eigenvalue weighted by Crippen LogP contribution is 2.30. The number of anilines is 2. The van der Waals surface area contributed by atoms with Crippen LogP contribution in [0.15, 0.2) is 36.5 Å². The molecule has 22 heavy (non-hydrogen) atoms. The summed E-state index contributed by atoms with van der Waals surface area (Å²) in [6, 6.07) is 10.5. The molecule has 0 radical (unpaired) electrons. The van der Waals surface area contributed by atoms with Gasteiger partial charge in [-0.3, -0.25) is 0 Å². The molecule has 1 aromatic heterocycles. The van der Waals surface area contributed by atoms with Gasteiger partial charge in [0.15, 0.2) is 0 Å². The van der Waals surface area contributed by atoms with Gasteiger partial charge in [0, 0.05) is 18.8 Å². The van der Waals surface area contributed by atoms with Gasteiger partial charge < -0.3 is 16.8 Å². The fourth-order valence-corrected chi connectivity index (χ4v) is 2.24. The standard InChI is InChI=1S/C9H15N5.C8H10/c10-7-5-6(7)1-3-12-9-13-4-2-8(11)14-9;1-7-4-3-5-8(2)6-7/h2,4,6-7H,1,3,5,10H2,(H3,11,12,13,14);3-6H,1-2H3. The molecule has 5 heteroatoms. The minimum Gasteiger partial charge on any atom is -0.384 e. The van der Waals surface area contributed by atoms with Gasteiger partial charge in [-0.1, -0.05) is 35.4 Å². The average Bonchev–Trinajstić information content (AvgIpc) is 3.15. The van der Waals surface area contributed by atoms with Crippen molar-refractivity contribution >= 4 is 11.8 Å². The number of aryl methyl sites for hydroxylation is 2. The van der Waals surface area contributed by atoms with Gasteiger partial charge in [0.2, 0.25) is 5.95 Å². The highest BCUT2D eigenvalue weighted by atomic mass is 15.1. The molecule has 0 bridgehead atoms. The Labute approximate surface area is 132 Å². The van der Waals surface area contributed by atoms with E-state index in [1.165, 1.54) is 11.1 Å². The summed E-state index contributed by atoms with van der Waals surface area (Å²) in [5, 5.41) is 3.12. The average molecular weight is 299 g/mol. The number of nitrogens with one attached hydrogen (secondary N) is 1. The minimum atomic E-state index is 0.415. The van der Waals surface area contributed by atoms with E-state index in [1.54, 1.807) is 12.3 Å². The first kappa shape index (κ1) is 16.2. The van der Waals surface area contributed by atoms with E-state index in [4.69, 9.17) is 11.5 Å². The van der Waals surface area contributed by atoms with Crippen LogP contribution in [0.3, 0.4) is 0 Å². The van der Waals surface area contributed by atoms with E-state index >= 15 is 0 Å². The maximum atomic E-state index is 5.69. The lowest BCUT2D eigenvalue weighted by molar-refractivity contribution is 0.725. The molecule has 0 aliphatic heterocycles. The zero-order valence-electron chi connectivity index (χ0n) is 13.3. The summed E-state index contributed by atoms with van der Waals surface area (Å²) in [5.41, 5.74) is 13.9. The molecule has 1 saturated carbocycles. The third-order valence-electron chi connectivity index (χ3n) is 3.63. The van der Waals surface area contributed by atoms with Crippen LogP contribution < -0.4 is 16.8 Å². The van der Waals surface area contributed by atoms with E-state index in [0.717, 1.165) is 19.4 Å². The van der Waals surface area contributed by atoms with Crippen molar-refractivity contribution in [1.82, 2.24) is 9.97 Å². The highest BCUT2D eigenvalue weighted by Gasteiger charge is 2.32. The Hall–Kier alpha value is -2.14. The molecule has 5 nitrogen and oxygen atoms in total. The molecule has 2 aromatic rings. The monoisotopic (exact) mass is 299 g/mol. The number of hydrogen-bond donors (Lipinski definition) is 3. The van der Waals surface area contributed by atoms with Gasteiger partial charge in [0.1, 0.15) is 5.82 Å². The van der Waals surface area contributed by atoms with Crippen molar-refractivity contribution in [2.45, 2.75) is 32.7 Å². The quantitative estimate of drug-likeness (QED) is 0.807. The van der Waals surface area contributed by atoms with E-state index < -0.39 is 0 Å². The van der Waals surface area contributed by atoms with Gasteiger partial charge in [-0.15, -0.1) is 0 Å². The van der Waals surface area contributed by atoms with Crippen LogP contribution in [0.5, 0.6) is 0 Å². The predicted molar refractivity (Wildman–Crippen MR) is 91.5 cm³/mol. The molecule has 1 aliphatic carbocycles. The molecule has 0 spiro atoms. The van der Waals surface area contributed by atoms with Crippen molar-refractivity contribution < 1.29 is 0 Å². The molecule has 2 unspecified atom stereocenters. The topological polar surface area (TPSA) is 89.8 Å². The zero-order valence-corrected chi connectivity index (χ0v) is 13.3. The second kappa shape index (κ2) is 7.75. The van der Waals surface area contributed by atoms with Crippen LogP contribution in [0.4, 0.5) is 11.8 Å². The van der Waals surface area contributed by atoms with E-state index in [2.05, 4.69) is 53.4 Å². The number of nitrogens with two attached hydrogens (primary N) is 2. The summed E-state index contributed by atoms with van der Waals surface area (Å²) in [7, 11) is 0. The van der Waals surface area contributed by atoms with Crippen LogP contribution in [0.1, 0.15) is 24.0 Å². The summed E-state index contributed by atoms with van der Waals surface area (Å²) in [6.07, 6.45) is 3.88. The molecule has 118 valence electrons. The van der Waals surface area contributed by atoms with E-state index in [9.17, 15) is 0 Å². The summed E-state index contributed by atoms with van der Waals surface area (Å²) in [5.74, 6) is 1.77. The van der Waals surface area contributed by atoms with Crippen LogP contribution in [0.2, 0.25) is 0 Å². The summed E-state index contributed by atoms with van der Waals surface area (Å²) < 4.78 is 0. The second-order valence-electron chi connectivity index (χ2n) is 5.84. The van der Waals surface area contributed by atoms with Gasteiger partial charge >= 0.3 is 0 Å². The normalized spacial score (nSPS) is 19.0. The van der Waals surface area contributed by atoms with Crippen molar-refractivity contribution in [2.75, 3.05) is 17.6 Å². The number of aromatic nitrogens is 2. The summed E-state index contributed by atoms with van der Waals surface area (Å²) in [6.45, 7) is 5.07. The molecular weight excluding hydrogens is 274 g/mol. The van der Waals surface area contributed by atoms with Crippen LogP contribution >= 0.6 is 0 Å². The molecule has 5 N–H and O–H groups in total. The van der Waals surface area contributed by atoms with E-state index in [1.807, 2.05) is 0 Å². The fourth-order valence-electron chi connectivity index (χ4n) is 2.24. The SMILES string of the molecule is Cc1cccc(C)c1.Nc1ccnc(NCCC2CC2N)n1. The number of hydrogen-bond acceptors (Lipinski definition) is 5. The first-order valence-corrected chi connectivity index (χ1v) is 7.66. The van der Waals surface area contributed by atoms with E-state index in [-0.39, 0.29) is 0 Å². The number of nitrogen functional groups attached to an aromatic ring is 1. The first-order chi connectivity index (χ1) is 10.5. The van der Waals surface area contributed by atoms with Crippen LogP contribution in [-0.2, 0) is 0 Å². The second-order valence-corrected chi connectivity index (χ2v) is 5.84. The molecule has 1 fully saturated rings. The smallest absolute Gasteiger partial charge is 0.224 e. The van der Waals surface area contributed by atoms with Crippen LogP contribution in [0.25, 0.3) is 0 Å². The van der Waals surface area contributed by atoms with Gasteiger partial charge in [-0.05, 0) is 38.7 Å². The zero-order chi connectivity index (χ0) is 15.9. The van der Waals surface area contributed by atoms with Crippen molar-refractivity contribution in [2.24, 2.45) is 11.7 Å². The highest BCUT2D eigenvalue weighted by molar-refractivity contribution is 5.34. The molecule has 1 heterocycles. The molecule has 1 aliphatic rings. The predicted octanol–water partition coefficient (Wildman–Crippen LogP) is 2.51. The first-order valence-electron chi connectivity index (χ1n) is 7.66. The third kappa shape index (κ3) is 5.69. The molecular formula is C17H25N5. The molecule has 3 rings (SSSR count). The Morgan fingerprint density at radius 3 is 2.41 bits per heavy atom. The molecule has 0 saturated heterocycles. The Morgan fingerprint density at radius 1 is 1.23 bits per heavy atom. The van der Waals surface area contributed by atoms with Gasteiger partial charge in [0.05, 0.1) is 0 Å². The Morgan fingerprint density at radius 2 is 1.91 bits per heavy atom. The molecule has 1 aromatic carbocycles. The summed E-state index contributed by atoms with van der Waals surface area (Å²) in [4.78, 5) is 8.08. The van der Waals surface area contributed by atoms with Gasteiger partial charge in [-0.2, -0.15) is 4.98 Å². The maximum Gasteiger partial charge on any atom is 0.224 e. The van der Waals surface area contributed by atoms with E-state index in [0.29, 0.717) is 23.7 Å². The lowest BCUT2D eigenvalue weighted by atomic mass is 10.2. The Kier molecular flexibility index (Phi) is 5.72. The van der Waals surface area contributed by atoms with Crippen molar-refractivity contribution in [3.63, 3.8) is 0 Å². The summed E-state index contributed by atoms with van der Waals surface area (Å²) >= 11 is 0. The van der Waals surface area contributed by atoms with Crippen molar-refractivity contribution in [3.05, 3.63) is 47.7 Å². The Bertz CT molecular complexity index is 582. The van der Waals surface area contributed by atoms with Crippen LogP contribution in [-0.4, -0.2) is 22.6 Å². The number of benzene rings is 1. The number of rotatable bonds is 4. The van der Waals surface area contributed by atoms with Gasteiger partial charge in [-0.25, -0.2) is 4.98 Å². The van der Waals surface area contributed by atoms with Crippen LogP contribution in [0, 0.1) is 19.8 Å². The van der Waals surface area contributed by atoms with Crippen molar-refractivity contribution in [1.29, 1.82) is 0 Å². The minimum absolute atomic E-state index is 0.415. The molecule has 2 atom stereocenters. The third-order valence-corrected chi connectivity index (χ3v) is 3.63. The lowest BCUT2D eigenvalue weighted by Crippen LogP contribution is -2.09.